The number of halogens is 1. The molecule has 0 unspecified atom stereocenters. The van der Waals surface area contributed by atoms with E-state index in [4.69, 9.17) is 15.2 Å². The molecule has 2 aromatic rings. The number of nitrogens with zero attached hydrogens (tertiary/aromatic N) is 4. The highest BCUT2D eigenvalue weighted by molar-refractivity contribution is 14.0. The predicted molar refractivity (Wildman–Crippen MR) is 116 cm³/mol. The first-order valence-electron chi connectivity index (χ1n) is 8.11. The van der Waals surface area contributed by atoms with Gasteiger partial charge in [0.1, 0.15) is 0 Å². The molecule has 2 N–H and O–H groups in total. The molecule has 1 fully saturated rings. The lowest BCUT2D eigenvalue weighted by atomic mass is 10.2. The first kappa shape index (κ1) is 20.6. The zero-order chi connectivity index (χ0) is 17.6. The summed E-state index contributed by atoms with van der Waals surface area (Å²) in [5.74, 6) is 1.99. The van der Waals surface area contributed by atoms with Gasteiger partial charge in [0.25, 0.3) is 0 Å². The molecule has 3 rings (SSSR count). The SMILES string of the molecule is COc1ccc(CN=C(N)N2CCN(c3nccs3)CC2)cc1OC.I. The fourth-order valence-electron chi connectivity index (χ4n) is 2.75. The molecule has 1 aliphatic rings. The van der Waals surface area contributed by atoms with Gasteiger partial charge in [-0.15, -0.1) is 35.3 Å². The summed E-state index contributed by atoms with van der Waals surface area (Å²) in [4.78, 5) is 13.3. The molecule has 1 aromatic heterocycles. The fourth-order valence-corrected chi connectivity index (χ4v) is 3.45. The van der Waals surface area contributed by atoms with Crippen molar-refractivity contribution in [3.05, 3.63) is 35.3 Å². The van der Waals surface area contributed by atoms with Crippen LogP contribution in [-0.2, 0) is 6.54 Å². The monoisotopic (exact) mass is 489 g/mol. The van der Waals surface area contributed by atoms with Gasteiger partial charge in [-0.2, -0.15) is 0 Å². The van der Waals surface area contributed by atoms with E-state index in [2.05, 4.69) is 19.8 Å². The Morgan fingerprint density at radius 3 is 2.54 bits per heavy atom. The van der Waals surface area contributed by atoms with Crippen LogP contribution in [0.4, 0.5) is 5.13 Å². The lowest BCUT2D eigenvalue weighted by Gasteiger charge is -2.35. The number of anilines is 1. The van der Waals surface area contributed by atoms with Crippen LogP contribution in [0.2, 0.25) is 0 Å². The number of ether oxygens (including phenoxy) is 2. The Kier molecular flexibility index (Phi) is 7.76. The van der Waals surface area contributed by atoms with Gasteiger partial charge in [0.2, 0.25) is 0 Å². The zero-order valence-corrected chi connectivity index (χ0v) is 18.1. The minimum atomic E-state index is 0. The minimum Gasteiger partial charge on any atom is -0.493 e. The Morgan fingerprint density at radius 1 is 1.19 bits per heavy atom. The molecule has 2 heterocycles. The molecule has 1 saturated heterocycles. The van der Waals surface area contributed by atoms with Crippen LogP contribution in [0, 0.1) is 0 Å². The van der Waals surface area contributed by atoms with Gasteiger partial charge < -0.3 is 25.0 Å². The van der Waals surface area contributed by atoms with Crippen molar-refractivity contribution in [2.45, 2.75) is 6.54 Å². The van der Waals surface area contributed by atoms with Gasteiger partial charge in [-0.3, -0.25) is 0 Å². The number of benzene rings is 1. The van der Waals surface area contributed by atoms with E-state index in [-0.39, 0.29) is 24.0 Å². The quantitative estimate of drug-likeness (QED) is 0.395. The molecular weight excluding hydrogens is 465 g/mol. The Hall–Kier alpha value is -1.75. The van der Waals surface area contributed by atoms with Crippen LogP contribution in [0.1, 0.15) is 5.56 Å². The van der Waals surface area contributed by atoms with Crippen molar-refractivity contribution in [2.24, 2.45) is 10.7 Å². The van der Waals surface area contributed by atoms with Crippen LogP contribution in [0.5, 0.6) is 11.5 Å². The smallest absolute Gasteiger partial charge is 0.191 e. The number of thiazole rings is 1. The van der Waals surface area contributed by atoms with Gasteiger partial charge in [0.15, 0.2) is 22.6 Å². The van der Waals surface area contributed by atoms with Crippen molar-refractivity contribution < 1.29 is 9.47 Å². The van der Waals surface area contributed by atoms with Crippen LogP contribution in [0.3, 0.4) is 0 Å². The highest BCUT2D eigenvalue weighted by Crippen LogP contribution is 2.27. The lowest BCUT2D eigenvalue weighted by molar-refractivity contribution is 0.354. The average Bonchev–Trinajstić information content (AvgIpc) is 3.20. The molecule has 0 aliphatic carbocycles. The second kappa shape index (κ2) is 9.81. The third-order valence-corrected chi connectivity index (χ3v) is 5.00. The number of guanidine groups is 1. The molecule has 0 saturated carbocycles. The average molecular weight is 489 g/mol. The van der Waals surface area contributed by atoms with E-state index < -0.39 is 0 Å². The number of nitrogens with two attached hydrogens (primary N) is 1. The largest absolute Gasteiger partial charge is 0.493 e. The minimum absolute atomic E-state index is 0. The molecule has 0 radical (unpaired) electrons. The van der Waals surface area contributed by atoms with Crippen molar-refractivity contribution in [1.82, 2.24) is 9.88 Å². The number of aromatic nitrogens is 1. The second-order valence-electron chi connectivity index (χ2n) is 5.65. The van der Waals surface area contributed by atoms with Crippen molar-refractivity contribution in [1.29, 1.82) is 0 Å². The maximum absolute atomic E-state index is 6.18. The number of hydrogen-bond donors (Lipinski definition) is 1. The number of methoxy groups -OCH3 is 2. The van der Waals surface area contributed by atoms with Crippen molar-refractivity contribution in [2.75, 3.05) is 45.3 Å². The summed E-state index contributed by atoms with van der Waals surface area (Å²) >= 11 is 1.67. The van der Waals surface area contributed by atoms with E-state index in [9.17, 15) is 0 Å². The Labute approximate surface area is 174 Å². The molecule has 0 atom stereocenters. The molecule has 9 heteroatoms. The number of piperazine rings is 1. The van der Waals surface area contributed by atoms with Gasteiger partial charge >= 0.3 is 0 Å². The van der Waals surface area contributed by atoms with Crippen LogP contribution in [0.25, 0.3) is 0 Å². The summed E-state index contributed by atoms with van der Waals surface area (Å²) in [6.07, 6.45) is 1.84. The molecule has 26 heavy (non-hydrogen) atoms. The Balaban J connectivity index is 0.00000243. The fraction of sp³-hybridized carbons (Fsp3) is 0.412. The molecule has 0 spiro atoms. The molecule has 7 nitrogen and oxygen atoms in total. The number of hydrogen-bond acceptors (Lipinski definition) is 6. The number of rotatable bonds is 5. The van der Waals surface area contributed by atoms with Crippen LogP contribution < -0.4 is 20.1 Å². The highest BCUT2D eigenvalue weighted by Gasteiger charge is 2.19. The zero-order valence-electron chi connectivity index (χ0n) is 14.9. The molecule has 1 aliphatic heterocycles. The summed E-state index contributed by atoms with van der Waals surface area (Å²) < 4.78 is 10.6. The summed E-state index contributed by atoms with van der Waals surface area (Å²) in [7, 11) is 3.25. The summed E-state index contributed by atoms with van der Waals surface area (Å²) in [6.45, 7) is 4.01. The Bertz CT molecular complexity index is 718. The Morgan fingerprint density at radius 2 is 1.92 bits per heavy atom. The predicted octanol–water partition coefficient (Wildman–Crippen LogP) is 2.42. The second-order valence-corrected chi connectivity index (χ2v) is 6.53. The standard InChI is InChI=1S/C17H23N5O2S.HI/c1-23-14-4-3-13(11-15(14)24-2)12-20-16(18)21-6-8-22(9-7-21)17-19-5-10-25-17;/h3-5,10-11H,6-9,12H2,1-2H3,(H2,18,20);1H. The van der Waals surface area contributed by atoms with Crippen LogP contribution in [0.15, 0.2) is 34.8 Å². The summed E-state index contributed by atoms with van der Waals surface area (Å²) in [5.41, 5.74) is 7.21. The molecule has 0 bridgehead atoms. The number of aliphatic imine (C=N–C) groups is 1. The van der Waals surface area contributed by atoms with E-state index in [1.54, 1.807) is 25.6 Å². The van der Waals surface area contributed by atoms with Gasteiger partial charge in [0, 0.05) is 37.8 Å². The lowest BCUT2D eigenvalue weighted by Crippen LogP contribution is -2.51. The van der Waals surface area contributed by atoms with Crippen LogP contribution in [-0.4, -0.2) is 56.2 Å². The topological polar surface area (TPSA) is 76.2 Å². The van der Waals surface area contributed by atoms with Crippen molar-refractivity contribution in [3.8, 4) is 11.5 Å². The first-order chi connectivity index (χ1) is 12.2. The summed E-state index contributed by atoms with van der Waals surface area (Å²) in [6, 6.07) is 5.78. The van der Waals surface area contributed by atoms with E-state index in [0.717, 1.165) is 36.9 Å². The normalized spacial score (nSPS) is 14.8. The van der Waals surface area contributed by atoms with Crippen molar-refractivity contribution >= 4 is 46.4 Å². The highest BCUT2D eigenvalue weighted by atomic mass is 127. The van der Waals surface area contributed by atoms with Crippen molar-refractivity contribution in [3.63, 3.8) is 0 Å². The molecule has 142 valence electrons. The molecule has 1 aromatic carbocycles. The van der Waals surface area contributed by atoms with Gasteiger partial charge in [0.05, 0.1) is 20.8 Å². The van der Waals surface area contributed by atoms with E-state index >= 15 is 0 Å². The molecule has 0 amide bonds. The van der Waals surface area contributed by atoms with Gasteiger partial charge in [-0.05, 0) is 17.7 Å². The third-order valence-electron chi connectivity index (χ3n) is 4.17. The first-order valence-corrected chi connectivity index (χ1v) is 8.99. The van der Waals surface area contributed by atoms with E-state index in [0.29, 0.717) is 24.0 Å². The molecular formula is C17H24IN5O2S. The summed E-state index contributed by atoms with van der Waals surface area (Å²) in [5, 5.41) is 3.07. The van der Waals surface area contributed by atoms with Crippen LogP contribution >= 0.6 is 35.3 Å². The third kappa shape index (κ3) is 4.91. The van der Waals surface area contributed by atoms with Gasteiger partial charge in [-0.25, -0.2) is 9.98 Å². The van der Waals surface area contributed by atoms with E-state index in [1.165, 1.54) is 0 Å². The maximum Gasteiger partial charge on any atom is 0.191 e. The van der Waals surface area contributed by atoms with Gasteiger partial charge in [-0.1, -0.05) is 6.07 Å². The van der Waals surface area contributed by atoms with E-state index in [1.807, 2.05) is 29.8 Å². The maximum atomic E-state index is 6.18.